The van der Waals surface area contributed by atoms with Gasteiger partial charge in [-0.25, -0.2) is 9.55 Å². The molecule has 5 nitrogen and oxygen atoms in total. The lowest BCUT2D eigenvalue weighted by molar-refractivity contribution is -0.384. The largest absolute Gasteiger partial charge is 0.269 e. The first-order valence-electron chi connectivity index (χ1n) is 8.02. The predicted molar refractivity (Wildman–Crippen MR) is 101 cm³/mol. The van der Waals surface area contributed by atoms with Gasteiger partial charge in [0.1, 0.15) is 0 Å². The van der Waals surface area contributed by atoms with Crippen LogP contribution in [-0.2, 0) is 0 Å². The molecule has 0 aliphatic heterocycles. The standard InChI is InChI=1S/C21H13N3O2/c25-24(26)18-12-10-17(11-13-18)21-22-19-8-4-5-9-20(19)23(21)15-14-16-6-2-1-3-7-16/h1-13H. The fourth-order valence-corrected chi connectivity index (χ4v) is 2.71. The summed E-state index contributed by atoms with van der Waals surface area (Å²) in [5, 5.41) is 10.9. The summed E-state index contributed by atoms with van der Waals surface area (Å²) in [6.07, 6.45) is 0. The number of fused-ring (bicyclic) bond motifs is 1. The lowest BCUT2D eigenvalue weighted by Crippen LogP contribution is -1.94. The number of hydrogen-bond acceptors (Lipinski definition) is 3. The molecule has 0 radical (unpaired) electrons. The molecule has 1 aromatic heterocycles. The van der Waals surface area contributed by atoms with Crippen molar-refractivity contribution in [3.63, 3.8) is 0 Å². The number of nitrogens with zero attached hydrogens (tertiary/aromatic N) is 3. The fourth-order valence-electron chi connectivity index (χ4n) is 2.71. The van der Waals surface area contributed by atoms with Gasteiger partial charge in [0.15, 0.2) is 5.82 Å². The molecule has 26 heavy (non-hydrogen) atoms. The number of nitro benzene ring substituents is 1. The van der Waals surface area contributed by atoms with Crippen LogP contribution in [0.3, 0.4) is 0 Å². The first-order valence-corrected chi connectivity index (χ1v) is 8.02. The molecule has 0 saturated heterocycles. The quantitative estimate of drug-likeness (QED) is 0.307. The molecule has 0 atom stereocenters. The molecule has 4 rings (SSSR count). The van der Waals surface area contributed by atoms with Crippen molar-refractivity contribution >= 4 is 16.7 Å². The van der Waals surface area contributed by atoms with Crippen molar-refractivity contribution in [3.05, 3.63) is 94.5 Å². The average Bonchev–Trinajstić information content (AvgIpc) is 3.06. The molecule has 3 aromatic carbocycles. The molecular weight excluding hydrogens is 326 g/mol. The monoisotopic (exact) mass is 339 g/mol. The zero-order chi connectivity index (χ0) is 17.9. The van der Waals surface area contributed by atoms with Gasteiger partial charge in [-0.05, 0) is 42.3 Å². The van der Waals surface area contributed by atoms with Crippen LogP contribution in [0.2, 0.25) is 0 Å². The summed E-state index contributed by atoms with van der Waals surface area (Å²) >= 11 is 0. The number of benzene rings is 3. The summed E-state index contributed by atoms with van der Waals surface area (Å²) in [5.41, 5.74) is 3.44. The van der Waals surface area contributed by atoms with Crippen LogP contribution in [0.4, 0.5) is 5.69 Å². The molecule has 0 spiro atoms. The molecule has 5 heteroatoms. The van der Waals surface area contributed by atoms with Crippen LogP contribution in [0.5, 0.6) is 0 Å². The smallest absolute Gasteiger partial charge is 0.258 e. The van der Waals surface area contributed by atoms with Crippen LogP contribution < -0.4 is 0 Å². The Balaban J connectivity index is 1.87. The van der Waals surface area contributed by atoms with Crippen LogP contribution in [0, 0.1) is 22.1 Å². The number of non-ortho nitro benzene ring substituents is 1. The summed E-state index contributed by atoms with van der Waals surface area (Å²) in [6, 6.07) is 26.9. The predicted octanol–water partition coefficient (Wildman–Crippen LogP) is 4.47. The summed E-state index contributed by atoms with van der Waals surface area (Å²) in [4.78, 5) is 15.1. The van der Waals surface area contributed by atoms with Gasteiger partial charge in [-0.2, -0.15) is 0 Å². The van der Waals surface area contributed by atoms with Crippen molar-refractivity contribution in [2.45, 2.75) is 0 Å². The summed E-state index contributed by atoms with van der Waals surface area (Å²) in [6.45, 7) is 0. The Morgan fingerprint density at radius 3 is 2.31 bits per heavy atom. The zero-order valence-electron chi connectivity index (χ0n) is 13.7. The molecule has 124 valence electrons. The topological polar surface area (TPSA) is 61.0 Å². The van der Waals surface area contributed by atoms with Gasteiger partial charge >= 0.3 is 0 Å². The van der Waals surface area contributed by atoms with E-state index in [0.29, 0.717) is 5.82 Å². The summed E-state index contributed by atoms with van der Waals surface area (Å²) < 4.78 is 1.82. The van der Waals surface area contributed by atoms with E-state index in [1.807, 2.05) is 59.2 Å². The second-order valence-corrected chi connectivity index (χ2v) is 5.67. The minimum absolute atomic E-state index is 0.0479. The van der Waals surface area contributed by atoms with E-state index in [2.05, 4.69) is 16.9 Å². The number of aromatic nitrogens is 2. The van der Waals surface area contributed by atoms with Crippen LogP contribution in [-0.4, -0.2) is 14.5 Å². The Hall–Kier alpha value is -3.91. The fraction of sp³-hybridized carbons (Fsp3) is 0. The molecule has 0 N–H and O–H groups in total. The van der Waals surface area contributed by atoms with Gasteiger partial charge in [0.25, 0.3) is 5.69 Å². The van der Waals surface area contributed by atoms with E-state index in [9.17, 15) is 10.1 Å². The first kappa shape index (κ1) is 15.6. The zero-order valence-corrected chi connectivity index (χ0v) is 13.7. The van der Waals surface area contributed by atoms with Gasteiger partial charge in [0.05, 0.1) is 16.0 Å². The minimum Gasteiger partial charge on any atom is -0.258 e. The molecule has 4 aromatic rings. The second-order valence-electron chi connectivity index (χ2n) is 5.67. The van der Waals surface area contributed by atoms with Crippen LogP contribution >= 0.6 is 0 Å². The van der Waals surface area contributed by atoms with Crippen LogP contribution in [0.15, 0.2) is 78.9 Å². The van der Waals surface area contributed by atoms with Gasteiger partial charge in [-0.15, -0.1) is 0 Å². The van der Waals surface area contributed by atoms with Gasteiger partial charge in [0, 0.05) is 29.3 Å². The molecule has 0 unspecified atom stereocenters. The number of nitro groups is 1. The third-order valence-corrected chi connectivity index (χ3v) is 3.98. The minimum atomic E-state index is -0.415. The van der Waals surface area contributed by atoms with Crippen molar-refractivity contribution in [1.29, 1.82) is 0 Å². The number of imidazole rings is 1. The van der Waals surface area contributed by atoms with Crippen LogP contribution in [0.1, 0.15) is 5.56 Å². The van der Waals surface area contributed by atoms with Crippen molar-refractivity contribution in [3.8, 4) is 23.4 Å². The summed E-state index contributed by atoms with van der Waals surface area (Å²) in [5.74, 6) is 3.80. The molecule has 0 aliphatic carbocycles. The van der Waals surface area contributed by atoms with E-state index in [4.69, 9.17) is 0 Å². The number of para-hydroxylation sites is 2. The number of rotatable bonds is 2. The molecule has 0 saturated carbocycles. The second kappa shape index (κ2) is 6.54. The Kier molecular flexibility index (Phi) is 3.92. The van der Waals surface area contributed by atoms with Crippen LogP contribution in [0.25, 0.3) is 22.4 Å². The van der Waals surface area contributed by atoms with E-state index in [1.54, 1.807) is 12.1 Å². The van der Waals surface area contributed by atoms with E-state index in [-0.39, 0.29) is 5.69 Å². The normalized spacial score (nSPS) is 10.3. The maximum Gasteiger partial charge on any atom is 0.269 e. The maximum atomic E-state index is 10.9. The SMILES string of the molecule is O=[N+]([O-])c1ccc(-c2nc3ccccc3n2C#Cc2ccccc2)cc1. The van der Waals surface area contributed by atoms with Crippen molar-refractivity contribution in [1.82, 2.24) is 9.55 Å². The van der Waals surface area contributed by atoms with Crippen molar-refractivity contribution < 1.29 is 4.92 Å². The molecule has 0 amide bonds. The lowest BCUT2D eigenvalue weighted by atomic mass is 10.2. The summed E-state index contributed by atoms with van der Waals surface area (Å²) in [7, 11) is 0. The van der Waals surface area contributed by atoms with Gasteiger partial charge in [-0.1, -0.05) is 30.3 Å². The molecule has 0 bridgehead atoms. The Morgan fingerprint density at radius 1 is 0.885 bits per heavy atom. The Labute approximate surface area is 149 Å². The molecular formula is C21H13N3O2. The average molecular weight is 339 g/mol. The third-order valence-electron chi connectivity index (χ3n) is 3.98. The highest BCUT2D eigenvalue weighted by atomic mass is 16.6. The first-order chi connectivity index (χ1) is 12.7. The van der Waals surface area contributed by atoms with E-state index >= 15 is 0 Å². The Bertz CT molecular complexity index is 1150. The van der Waals surface area contributed by atoms with E-state index in [1.165, 1.54) is 12.1 Å². The molecule has 1 heterocycles. The molecule has 0 aliphatic rings. The molecule has 0 fully saturated rings. The highest BCUT2D eigenvalue weighted by Gasteiger charge is 2.13. The highest BCUT2D eigenvalue weighted by molar-refractivity contribution is 5.82. The lowest BCUT2D eigenvalue weighted by Gasteiger charge is -2.01. The van der Waals surface area contributed by atoms with Crippen molar-refractivity contribution in [2.24, 2.45) is 0 Å². The maximum absolute atomic E-state index is 10.9. The van der Waals surface area contributed by atoms with Crippen molar-refractivity contribution in [2.75, 3.05) is 0 Å². The van der Waals surface area contributed by atoms with Gasteiger partial charge < -0.3 is 0 Å². The van der Waals surface area contributed by atoms with E-state index in [0.717, 1.165) is 22.2 Å². The Morgan fingerprint density at radius 2 is 1.58 bits per heavy atom. The number of hydrogen-bond donors (Lipinski definition) is 0. The van der Waals surface area contributed by atoms with E-state index < -0.39 is 4.92 Å². The van der Waals surface area contributed by atoms with Gasteiger partial charge in [0.2, 0.25) is 0 Å². The third kappa shape index (κ3) is 2.92. The highest BCUT2D eigenvalue weighted by Crippen LogP contribution is 2.25. The van der Waals surface area contributed by atoms with Gasteiger partial charge in [-0.3, -0.25) is 10.1 Å².